The summed E-state index contributed by atoms with van der Waals surface area (Å²) in [6.45, 7) is 22.6. The fourth-order valence-electron chi connectivity index (χ4n) is 12.4. The highest BCUT2D eigenvalue weighted by molar-refractivity contribution is 6.41. The molecule has 0 radical (unpaired) electrons. The van der Waals surface area contributed by atoms with Crippen molar-refractivity contribution in [2.75, 3.05) is 0 Å². The van der Waals surface area contributed by atoms with Crippen LogP contribution in [0.1, 0.15) is 55.6 Å². The Bertz CT molecular complexity index is 3980. The zero-order chi connectivity index (χ0) is 46.6. The Labute approximate surface area is 399 Å². The van der Waals surface area contributed by atoms with Gasteiger partial charge in [-0.25, -0.2) is 0 Å². The third kappa shape index (κ3) is 5.73. The highest BCUT2D eigenvalue weighted by Gasteiger charge is 2.23. The lowest BCUT2D eigenvalue weighted by molar-refractivity contribution is 1.25. The van der Waals surface area contributed by atoms with Crippen molar-refractivity contribution in [1.82, 2.24) is 0 Å². The van der Waals surface area contributed by atoms with E-state index in [4.69, 9.17) is 0 Å². The van der Waals surface area contributed by atoms with Gasteiger partial charge in [-0.1, -0.05) is 108 Å². The van der Waals surface area contributed by atoms with Gasteiger partial charge in [0, 0.05) is 0 Å². The Balaban J connectivity index is 1.20. The number of benzene rings is 11. The average Bonchev–Trinajstić information content (AvgIpc) is 3.82. The molecule has 0 aliphatic carbocycles. The molecule has 0 nitrogen and oxygen atoms in total. The van der Waals surface area contributed by atoms with Crippen molar-refractivity contribution in [3.8, 4) is 44.5 Å². The standard InChI is InChI=1S/C68H54/c1-35-11-15-45(16-12-35)47-19-21-51-55(27-47)63-33-57-53(61-31-49(29-59(51)67(61)63)65-41(7)37(3)25-38(4)42(65)8)23-24-54-58(57)34-64-56-28-48(46-17-13-36(2)14-18-46)20-22-52(56)60-30-50(32-62(54)68(60)64)66-43(9)39(5)26-40(6)44(66)10/h11-34H,1-10H3. The summed E-state index contributed by atoms with van der Waals surface area (Å²) in [4.78, 5) is 0. The zero-order valence-electron chi connectivity index (χ0n) is 40.9. The van der Waals surface area contributed by atoms with Crippen molar-refractivity contribution in [2.24, 2.45) is 0 Å². The number of aryl methyl sites for hydroxylation is 6. The molecule has 0 amide bonds. The first-order valence-electron chi connectivity index (χ1n) is 24.4. The number of rotatable bonds is 4. The first-order chi connectivity index (χ1) is 32.8. The molecule has 68 heavy (non-hydrogen) atoms. The van der Waals surface area contributed by atoms with E-state index >= 15 is 0 Å². The van der Waals surface area contributed by atoms with Crippen LogP contribution in [-0.2, 0) is 0 Å². The lowest BCUT2D eigenvalue weighted by Gasteiger charge is -2.18. The van der Waals surface area contributed by atoms with E-state index in [1.807, 2.05) is 0 Å². The van der Waals surface area contributed by atoms with Gasteiger partial charge >= 0.3 is 0 Å². The van der Waals surface area contributed by atoms with Crippen molar-refractivity contribution in [1.29, 1.82) is 0 Å². The molecule has 0 unspecified atom stereocenters. The molecule has 0 saturated carbocycles. The van der Waals surface area contributed by atoms with E-state index in [0.717, 1.165) is 0 Å². The van der Waals surface area contributed by atoms with Crippen molar-refractivity contribution in [2.45, 2.75) is 69.2 Å². The second-order valence-corrected chi connectivity index (χ2v) is 20.5. The van der Waals surface area contributed by atoms with Crippen LogP contribution in [0.2, 0.25) is 0 Å². The molecule has 13 aromatic carbocycles. The molecule has 0 saturated heterocycles. The molecule has 0 atom stereocenters. The van der Waals surface area contributed by atoms with E-state index in [1.54, 1.807) is 0 Å². The van der Waals surface area contributed by atoms with E-state index in [2.05, 4.69) is 215 Å². The summed E-state index contributed by atoms with van der Waals surface area (Å²) >= 11 is 0. The van der Waals surface area contributed by atoms with E-state index in [0.29, 0.717) is 0 Å². The monoisotopic (exact) mass is 870 g/mol. The van der Waals surface area contributed by atoms with Crippen LogP contribution in [0.4, 0.5) is 0 Å². The quantitative estimate of drug-likeness (QED) is 0.155. The van der Waals surface area contributed by atoms with Gasteiger partial charge in [0.05, 0.1) is 0 Å². The largest absolute Gasteiger partial charge is 0.0587 e. The van der Waals surface area contributed by atoms with Crippen LogP contribution < -0.4 is 0 Å². The third-order valence-corrected chi connectivity index (χ3v) is 16.5. The van der Waals surface area contributed by atoms with Crippen LogP contribution in [0.3, 0.4) is 0 Å². The van der Waals surface area contributed by atoms with Crippen molar-refractivity contribution in [3.63, 3.8) is 0 Å². The first kappa shape index (κ1) is 40.7. The Kier molecular flexibility index (Phi) is 8.67. The van der Waals surface area contributed by atoms with Crippen molar-refractivity contribution >= 4 is 86.2 Å². The van der Waals surface area contributed by atoms with Gasteiger partial charge in [-0.05, 0) is 293 Å². The molecule has 13 rings (SSSR count). The normalized spacial score (nSPS) is 12.3. The highest BCUT2D eigenvalue weighted by Crippen LogP contribution is 2.51. The molecule has 0 N–H and O–H groups in total. The Hall–Kier alpha value is -7.54. The number of hydrogen-bond donors (Lipinski definition) is 0. The molecular weight excluding hydrogens is 817 g/mol. The summed E-state index contributed by atoms with van der Waals surface area (Å²) in [5.74, 6) is 0. The van der Waals surface area contributed by atoms with Crippen LogP contribution in [0.25, 0.3) is 131 Å². The molecule has 0 bridgehead atoms. The van der Waals surface area contributed by atoms with Crippen LogP contribution in [0.15, 0.2) is 146 Å². The summed E-state index contributed by atoms with van der Waals surface area (Å²) in [6, 6.07) is 57.2. The smallest absolute Gasteiger partial charge is 0.00195 e. The Morgan fingerprint density at radius 2 is 0.441 bits per heavy atom. The second-order valence-electron chi connectivity index (χ2n) is 20.5. The minimum absolute atomic E-state index is 1.25. The highest BCUT2D eigenvalue weighted by atomic mass is 14.3. The summed E-state index contributed by atoms with van der Waals surface area (Å²) < 4.78 is 0. The summed E-state index contributed by atoms with van der Waals surface area (Å²) in [6.07, 6.45) is 0. The Morgan fingerprint density at radius 1 is 0.191 bits per heavy atom. The van der Waals surface area contributed by atoms with E-state index in [1.165, 1.54) is 186 Å². The van der Waals surface area contributed by atoms with Crippen molar-refractivity contribution < 1.29 is 0 Å². The van der Waals surface area contributed by atoms with Crippen LogP contribution in [-0.4, -0.2) is 0 Å². The Morgan fingerprint density at radius 3 is 0.765 bits per heavy atom. The van der Waals surface area contributed by atoms with Gasteiger partial charge in [0.1, 0.15) is 0 Å². The van der Waals surface area contributed by atoms with Gasteiger partial charge in [0.2, 0.25) is 0 Å². The first-order valence-corrected chi connectivity index (χ1v) is 24.4. The molecule has 326 valence electrons. The van der Waals surface area contributed by atoms with E-state index in [9.17, 15) is 0 Å². The molecular formula is C68H54. The van der Waals surface area contributed by atoms with E-state index in [-0.39, 0.29) is 0 Å². The number of hydrogen-bond acceptors (Lipinski definition) is 0. The molecule has 0 aromatic heterocycles. The third-order valence-electron chi connectivity index (χ3n) is 16.5. The molecule has 0 heteroatoms. The average molecular weight is 871 g/mol. The molecule has 13 aromatic rings. The van der Waals surface area contributed by atoms with Gasteiger partial charge in [-0.15, -0.1) is 0 Å². The predicted molar refractivity (Wildman–Crippen MR) is 298 cm³/mol. The van der Waals surface area contributed by atoms with Gasteiger partial charge in [-0.2, -0.15) is 0 Å². The topological polar surface area (TPSA) is 0 Å². The molecule has 0 heterocycles. The fraction of sp³-hybridized carbons (Fsp3) is 0.147. The maximum absolute atomic E-state index is 2.56. The number of fused-ring (bicyclic) bond motifs is 11. The molecule has 0 aliphatic rings. The minimum atomic E-state index is 1.25. The van der Waals surface area contributed by atoms with Gasteiger partial charge < -0.3 is 0 Å². The van der Waals surface area contributed by atoms with Gasteiger partial charge in [0.25, 0.3) is 0 Å². The summed E-state index contributed by atoms with van der Waals surface area (Å²) in [5.41, 5.74) is 23.7. The summed E-state index contributed by atoms with van der Waals surface area (Å²) in [7, 11) is 0. The lowest BCUT2D eigenvalue weighted by atomic mass is 9.86. The van der Waals surface area contributed by atoms with Crippen molar-refractivity contribution in [3.05, 3.63) is 201 Å². The van der Waals surface area contributed by atoms with Crippen LogP contribution in [0.5, 0.6) is 0 Å². The van der Waals surface area contributed by atoms with Crippen LogP contribution >= 0.6 is 0 Å². The summed E-state index contributed by atoms with van der Waals surface area (Å²) in [5, 5.41) is 21.2. The van der Waals surface area contributed by atoms with E-state index < -0.39 is 0 Å². The lowest BCUT2D eigenvalue weighted by Crippen LogP contribution is -1.95. The van der Waals surface area contributed by atoms with Gasteiger partial charge in [0.15, 0.2) is 0 Å². The SMILES string of the molecule is Cc1ccc(-c2ccc3c(c2)c2cc4c5cc6c7cc(-c8ccc(C)cc8)ccc7c7cc(-c8c(C)c(C)cc(C)c8C)cc(c5ccc4c4cc(-c5c(C)c(C)cc(C)c5C)cc3c42)c76)cc1. The molecule has 0 spiro atoms. The molecule has 0 aliphatic heterocycles. The fourth-order valence-corrected chi connectivity index (χ4v) is 12.4. The van der Waals surface area contributed by atoms with Crippen LogP contribution in [0, 0.1) is 69.2 Å². The van der Waals surface area contributed by atoms with Gasteiger partial charge in [-0.3, -0.25) is 0 Å². The minimum Gasteiger partial charge on any atom is -0.0587 e. The zero-order valence-corrected chi connectivity index (χ0v) is 40.9. The maximum atomic E-state index is 2.56. The molecule has 0 fully saturated rings. The predicted octanol–water partition coefficient (Wildman–Crippen LogP) is 19.5. The second kappa shape index (κ2) is 14.5. The maximum Gasteiger partial charge on any atom is -0.00195 e.